The van der Waals surface area contributed by atoms with Gasteiger partial charge in [-0.25, -0.2) is 0 Å². The number of allylic oxidation sites excluding steroid dienone is 2. The Balaban J connectivity index is 1.40. The summed E-state index contributed by atoms with van der Waals surface area (Å²) < 4.78 is 2.37. The quantitative estimate of drug-likeness (QED) is 0.323. The van der Waals surface area contributed by atoms with Crippen LogP contribution in [0.1, 0.15) is 17.0 Å². The number of para-hydroxylation sites is 3. The molecule has 1 N–H and O–H groups in total. The van der Waals surface area contributed by atoms with Crippen LogP contribution in [-0.2, 0) is 0 Å². The number of anilines is 1. The molecule has 7 rings (SSSR count). The van der Waals surface area contributed by atoms with E-state index in [1.165, 1.54) is 49.9 Å². The van der Waals surface area contributed by atoms with Gasteiger partial charge in [-0.15, -0.1) is 0 Å². The van der Waals surface area contributed by atoms with Gasteiger partial charge in [0, 0.05) is 28.1 Å². The van der Waals surface area contributed by atoms with Crippen molar-refractivity contribution in [3.05, 3.63) is 126 Å². The molecule has 1 aromatic heterocycles. The van der Waals surface area contributed by atoms with Crippen LogP contribution in [-0.4, -0.2) is 10.6 Å². The van der Waals surface area contributed by atoms with Crippen LogP contribution in [0, 0.1) is 0 Å². The summed E-state index contributed by atoms with van der Waals surface area (Å²) in [5.41, 5.74) is 8.89. The highest BCUT2D eigenvalue weighted by atomic mass is 15.0. The van der Waals surface area contributed by atoms with Crippen molar-refractivity contribution in [2.45, 2.75) is 12.0 Å². The first-order valence-electron chi connectivity index (χ1n) is 11.2. The number of fused-ring (bicyclic) bond motifs is 6. The van der Waals surface area contributed by atoms with E-state index in [0.717, 1.165) is 0 Å². The zero-order chi connectivity index (χ0) is 21.1. The van der Waals surface area contributed by atoms with Crippen LogP contribution >= 0.6 is 0 Å². The Kier molecular flexibility index (Phi) is 3.71. The van der Waals surface area contributed by atoms with Gasteiger partial charge in [-0.2, -0.15) is 0 Å². The molecule has 5 aromatic rings. The van der Waals surface area contributed by atoms with Gasteiger partial charge in [-0.1, -0.05) is 78.9 Å². The predicted octanol–water partition coefficient (Wildman–Crippen LogP) is 7.31. The lowest BCUT2D eigenvalue weighted by Crippen LogP contribution is -2.18. The summed E-state index contributed by atoms with van der Waals surface area (Å²) in [5.74, 6) is 0.382. The van der Waals surface area contributed by atoms with Crippen molar-refractivity contribution in [3.63, 3.8) is 0 Å². The molecule has 1 aliphatic carbocycles. The Morgan fingerprint density at radius 2 is 1.47 bits per heavy atom. The van der Waals surface area contributed by atoms with Gasteiger partial charge < -0.3 is 9.88 Å². The van der Waals surface area contributed by atoms with Crippen LogP contribution in [0.5, 0.6) is 0 Å². The number of nitrogens with one attached hydrogen (secondary N) is 1. The molecular weight excluding hydrogens is 388 g/mol. The summed E-state index contributed by atoms with van der Waals surface area (Å²) in [6.45, 7) is 0. The summed E-state index contributed by atoms with van der Waals surface area (Å²) >= 11 is 0. The minimum Gasteiger partial charge on any atom is -0.378 e. The average molecular weight is 411 g/mol. The van der Waals surface area contributed by atoms with Gasteiger partial charge in [0.1, 0.15) is 0 Å². The number of benzene rings is 4. The Labute approximate surface area is 187 Å². The van der Waals surface area contributed by atoms with Crippen molar-refractivity contribution in [1.29, 1.82) is 0 Å². The monoisotopic (exact) mass is 410 g/mol. The van der Waals surface area contributed by atoms with E-state index in [1.54, 1.807) is 0 Å². The lowest BCUT2D eigenvalue weighted by atomic mass is 9.86. The molecule has 32 heavy (non-hydrogen) atoms. The van der Waals surface area contributed by atoms with Crippen molar-refractivity contribution >= 4 is 33.1 Å². The highest BCUT2D eigenvalue weighted by Gasteiger charge is 2.30. The van der Waals surface area contributed by atoms with Gasteiger partial charge >= 0.3 is 0 Å². The number of hydrogen-bond donors (Lipinski definition) is 1. The lowest BCUT2D eigenvalue weighted by Gasteiger charge is -2.20. The molecule has 2 aliphatic rings. The summed E-state index contributed by atoms with van der Waals surface area (Å²) in [6, 6.07) is 35.3. The third-order valence-corrected chi connectivity index (χ3v) is 6.89. The Hall–Kier alpha value is -4.04. The van der Waals surface area contributed by atoms with E-state index in [0.29, 0.717) is 12.0 Å². The molecule has 4 aromatic carbocycles. The maximum atomic E-state index is 3.65. The fourth-order valence-electron chi connectivity index (χ4n) is 5.40. The standard InChI is InChI=1S/C30H22N2/c1-2-8-22(9-3-1)32-29-13-7-5-11-24(29)26-19-21(15-17-30(26)32)20-14-16-28-25(18-20)23-10-4-6-12-27(23)31-28/h1-19,25,28,31H. The van der Waals surface area contributed by atoms with Crippen LogP contribution in [0.4, 0.5) is 5.69 Å². The molecule has 2 unspecified atom stereocenters. The topological polar surface area (TPSA) is 17.0 Å². The first-order chi connectivity index (χ1) is 15.9. The Morgan fingerprint density at radius 1 is 0.688 bits per heavy atom. The van der Waals surface area contributed by atoms with Gasteiger partial charge in [0.25, 0.3) is 0 Å². The minimum atomic E-state index is 0.347. The molecular formula is C30H22N2. The molecule has 0 amide bonds. The predicted molar refractivity (Wildman–Crippen MR) is 134 cm³/mol. The smallest absolute Gasteiger partial charge is 0.0552 e. The minimum absolute atomic E-state index is 0.347. The average Bonchev–Trinajstić information content (AvgIpc) is 3.39. The van der Waals surface area contributed by atoms with Gasteiger partial charge in [0.15, 0.2) is 0 Å². The zero-order valence-corrected chi connectivity index (χ0v) is 17.6. The lowest BCUT2D eigenvalue weighted by molar-refractivity contribution is 0.808. The highest BCUT2D eigenvalue weighted by Crippen LogP contribution is 2.42. The van der Waals surface area contributed by atoms with Gasteiger partial charge in [0.05, 0.1) is 17.1 Å². The molecule has 0 bridgehead atoms. The molecule has 2 heteroatoms. The van der Waals surface area contributed by atoms with Crippen molar-refractivity contribution in [2.24, 2.45) is 0 Å². The molecule has 0 spiro atoms. The molecule has 0 saturated heterocycles. The SMILES string of the molecule is C1=CC2Nc3ccccc3C2C=C1c1ccc2c(c1)c1ccccc1n2-c1ccccc1. The molecule has 0 radical (unpaired) electrons. The summed E-state index contributed by atoms with van der Waals surface area (Å²) in [7, 11) is 0. The number of hydrogen-bond acceptors (Lipinski definition) is 1. The molecule has 2 heterocycles. The molecule has 0 saturated carbocycles. The van der Waals surface area contributed by atoms with Crippen molar-refractivity contribution in [2.75, 3.05) is 5.32 Å². The summed E-state index contributed by atoms with van der Waals surface area (Å²) in [5, 5.41) is 6.23. The van der Waals surface area contributed by atoms with Crippen molar-refractivity contribution in [1.82, 2.24) is 4.57 Å². The van der Waals surface area contributed by atoms with Gasteiger partial charge in [-0.3, -0.25) is 0 Å². The molecule has 2 atom stereocenters. The van der Waals surface area contributed by atoms with Crippen LogP contribution in [0.2, 0.25) is 0 Å². The second-order valence-electron chi connectivity index (χ2n) is 8.68. The van der Waals surface area contributed by atoms with Crippen LogP contribution in [0.25, 0.3) is 33.1 Å². The third kappa shape index (κ3) is 2.53. The second-order valence-corrected chi connectivity index (χ2v) is 8.68. The van der Waals surface area contributed by atoms with E-state index in [9.17, 15) is 0 Å². The molecule has 0 fully saturated rings. The van der Waals surface area contributed by atoms with E-state index >= 15 is 0 Å². The van der Waals surface area contributed by atoms with Crippen molar-refractivity contribution < 1.29 is 0 Å². The van der Waals surface area contributed by atoms with E-state index in [2.05, 4.69) is 125 Å². The Morgan fingerprint density at radius 3 is 2.41 bits per heavy atom. The van der Waals surface area contributed by atoms with E-state index < -0.39 is 0 Å². The second kappa shape index (κ2) is 6.73. The maximum Gasteiger partial charge on any atom is 0.0552 e. The fourth-order valence-corrected chi connectivity index (χ4v) is 5.40. The first kappa shape index (κ1) is 17.6. The summed E-state index contributed by atoms with van der Waals surface area (Å²) in [6.07, 6.45) is 7.02. The van der Waals surface area contributed by atoms with Crippen molar-refractivity contribution in [3.8, 4) is 5.69 Å². The maximum absolute atomic E-state index is 3.65. The van der Waals surface area contributed by atoms with Crippen LogP contribution in [0.15, 0.2) is 115 Å². The van der Waals surface area contributed by atoms with E-state index in [-0.39, 0.29) is 0 Å². The van der Waals surface area contributed by atoms with Crippen LogP contribution in [0.3, 0.4) is 0 Å². The molecule has 1 aliphatic heterocycles. The van der Waals surface area contributed by atoms with Gasteiger partial charge in [-0.05, 0) is 53.1 Å². The van der Waals surface area contributed by atoms with E-state index in [4.69, 9.17) is 0 Å². The van der Waals surface area contributed by atoms with E-state index in [1.807, 2.05) is 0 Å². The summed E-state index contributed by atoms with van der Waals surface area (Å²) in [4.78, 5) is 0. The largest absolute Gasteiger partial charge is 0.378 e. The van der Waals surface area contributed by atoms with Crippen LogP contribution < -0.4 is 5.32 Å². The third-order valence-electron chi connectivity index (χ3n) is 6.89. The van der Waals surface area contributed by atoms with Gasteiger partial charge in [0.2, 0.25) is 0 Å². The fraction of sp³-hybridized carbons (Fsp3) is 0.0667. The Bertz CT molecular complexity index is 1550. The zero-order valence-electron chi connectivity index (χ0n) is 17.6. The number of nitrogens with zero attached hydrogens (tertiary/aromatic N) is 1. The highest BCUT2D eigenvalue weighted by molar-refractivity contribution is 6.10. The number of aromatic nitrogens is 1. The normalized spacial score (nSPS) is 18.9. The number of rotatable bonds is 2. The molecule has 152 valence electrons. The first-order valence-corrected chi connectivity index (χ1v) is 11.2. The molecule has 2 nitrogen and oxygen atoms in total.